The van der Waals surface area contributed by atoms with Crippen molar-refractivity contribution in [2.75, 3.05) is 6.54 Å². The predicted octanol–water partition coefficient (Wildman–Crippen LogP) is 3.58. The van der Waals surface area contributed by atoms with Crippen LogP contribution in [0.4, 0.5) is 4.39 Å². The number of halogens is 2. The van der Waals surface area contributed by atoms with Crippen LogP contribution in [0, 0.1) is 5.82 Å². The first-order valence-electron chi connectivity index (χ1n) is 7.64. The molecule has 2 aliphatic rings. The van der Waals surface area contributed by atoms with Gasteiger partial charge in [-0.05, 0) is 42.7 Å². The van der Waals surface area contributed by atoms with Crippen LogP contribution in [0.5, 0.6) is 5.75 Å². The Morgan fingerprint density at radius 2 is 1.83 bits per heavy atom. The first kappa shape index (κ1) is 15.3. The first-order valence-corrected chi connectivity index (χ1v) is 8.43. The van der Waals surface area contributed by atoms with E-state index in [1.807, 2.05) is 6.07 Å². The Kier molecular flexibility index (Phi) is 3.64. The van der Waals surface area contributed by atoms with E-state index in [-0.39, 0.29) is 24.1 Å². The zero-order chi connectivity index (χ0) is 16.8. The molecule has 0 spiro atoms. The largest absolute Gasteiger partial charge is 0.485 e. The van der Waals surface area contributed by atoms with Crippen LogP contribution in [0.25, 0.3) is 0 Å². The highest BCUT2D eigenvalue weighted by atomic mass is 79.9. The van der Waals surface area contributed by atoms with Crippen LogP contribution in [0.1, 0.15) is 32.7 Å². The third kappa shape index (κ3) is 2.41. The van der Waals surface area contributed by atoms with Crippen molar-refractivity contribution in [1.82, 2.24) is 4.90 Å². The molecule has 4 rings (SSSR count). The Balaban J connectivity index is 1.56. The Morgan fingerprint density at radius 3 is 2.50 bits per heavy atom. The maximum atomic E-state index is 14.1. The fraction of sp³-hybridized carbons (Fsp3) is 0.222. The number of rotatable bonds is 2. The quantitative estimate of drug-likeness (QED) is 0.737. The number of nitrogens with zero attached hydrogens (tertiary/aromatic N) is 1. The second kappa shape index (κ2) is 5.70. The number of aryl methyl sites for hydroxylation is 1. The van der Waals surface area contributed by atoms with E-state index in [2.05, 4.69) is 15.9 Å². The molecule has 0 saturated carbocycles. The van der Waals surface area contributed by atoms with Crippen LogP contribution in [0.3, 0.4) is 0 Å². The lowest BCUT2D eigenvalue weighted by Crippen LogP contribution is -2.40. The third-order valence-corrected chi connectivity index (χ3v) is 4.83. The molecule has 2 aliphatic heterocycles. The van der Waals surface area contributed by atoms with Gasteiger partial charge >= 0.3 is 0 Å². The van der Waals surface area contributed by atoms with Crippen molar-refractivity contribution in [2.24, 2.45) is 0 Å². The summed E-state index contributed by atoms with van der Waals surface area (Å²) >= 11 is 3.27. The third-order valence-electron chi connectivity index (χ3n) is 4.37. The molecule has 122 valence electrons. The summed E-state index contributed by atoms with van der Waals surface area (Å²) in [6.45, 7) is 0.126. The molecule has 2 amide bonds. The molecule has 2 heterocycles. The lowest BCUT2D eigenvalue weighted by atomic mass is 10.0. The molecular formula is C18H13BrFNO3. The summed E-state index contributed by atoms with van der Waals surface area (Å²) in [6, 6.07) is 9.93. The van der Waals surface area contributed by atoms with E-state index in [1.165, 1.54) is 11.0 Å². The Bertz CT molecular complexity index is 832. The monoisotopic (exact) mass is 389 g/mol. The summed E-state index contributed by atoms with van der Waals surface area (Å²) in [6.07, 6.45) is 0.853. The van der Waals surface area contributed by atoms with E-state index in [0.29, 0.717) is 28.4 Å². The van der Waals surface area contributed by atoms with Gasteiger partial charge in [-0.1, -0.05) is 28.1 Å². The predicted molar refractivity (Wildman–Crippen MR) is 88.6 cm³/mol. The van der Waals surface area contributed by atoms with Gasteiger partial charge in [-0.15, -0.1) is 0 Å². The van der Waals surface area contributed by atoms with E-state index in [9.17, 15) is 14.0 Å². The lowest BCUT2D eigenvalue weighted by Gasteiger charge is -2.29. The van der Waals surface area contributed by atoms with Gasteiger partial charge in [0, 0.05) is 4.47 Å². The standard InChI is InChI=1S/C18H13BrFNO3/c19-11-7-10-5-6-12(24-16(10)15(20)8-11)9-21-17(22)13-3-1-2-4-14(13)18(21)23/h1-4,7-8,12H,5-6,9H2/t12-/m1/s1. The Morgan fingerprint density at radius 1 is 1.17 bits per heavy atom. The van der Waals surface area contributed by atoms with Gasteiger partial charge in [0.2, 0.25) is 0 Å². The van der Waals surface area contributed by atoms with Gasteiger partial charge in [0.25, 0.3) is 11.8 Å². The van der Waals surface area contributed by atoms with E-state index in [4.69, 9.17) is 4.74 Å². The van der Waals surface area contributed by atoms with Crippen molar-refractivity contribution >= 4 is 27.7 Å². The molecule has 4 nitrogen and oxygen atoms in total. The Labute approximate surface area is 146 Å². The van der Waals surface area contributed by atoms with Gasteiger partial charge < -0.3 is 4.74 Å². The molecule has 0 aromatic heterocycles. The maximum Gasteiger partial charge on any atom is 0.261 e. The fourth-order valence-corrected chi connectivity index (χ4v) is 3.69. The SMILES string of the molecule is O=C1c2ccccc2C(=O)N1C[C@H]1CCc2cc(Br)cc(F)c2O1. The van der Waals surface area contributed by atoms with Gasteiger partial charge in [-0.25, -0.2) is 4.39 Å². The van der Waals surface area contributed by atoms with E-state index >= 15 is 0 Å². The van der Waals surface area contributed by atoms with Crippen LogP contribution in [-0.2, 0) is 6.42 Å². The molecule has 0 bridgehead atoms. The Hall–Kier alpha value is -2.21. The molecule has 2 aromatic rings. The van der Waals surface area contributed by atoms with Crippen LogP contribution in [0.2, 0.25) is 0 Å². The number of hydrogen-bond acceptors (Lipinski definition) is 3. The number of carbonyl (C=O) groups excluding carboxylic acids is 2. The molecule has 0 saturated heterocycles. The van der Waals surface area contributed by atoms with Crippen molar-refractivity contribution in [3.05, 3.63) is 63.4 Å². The van der Waals surface area contributed by atoms with Gasteiger partial charge in [0.15, 0.2) is 11.6 Å². The highest BCUT2D eigenvalue weighted by molar-refractivity contribution is 9.10. The summed E-state index contributed by atoms with van der Waals surface area (Å²) in [5.41, 5.74) is 1.61. The van der Waals surface area contributed by atoms with Crippen LogP contribution in [-0.4, -0.2) is 29.4 Å². The first-order chi connectivity index (χ1) is 11.5. The van der Waals surface area contributed by atoms with E-state index < -0.39 is 11.9 Å². The smallest absolute Gasteiger partial charge is 0.261 e. The fourth-order valence-electron chi connectivity index (χ4n) is 3.21. The number of fused-ring (bicyclic) bond motifs is 2. The van der Waals surface area contributed by atoms with Crippen LogP contribution < -0.4 is 4.74 Å². The number of hydrogen-bond donors (Lipinski definition) is 0. The normalized spacial score (nSPS) is 19.1. The van der Waals surface area contributed by atoms with Crippen molar-refractivity contribution in [3.8, 4) is 5.75 Å². The average molecular weight is 390 g/mol. The molecule has 6 heteroatoms. The van der Waals surface area contributed by atoms with Crippen molar-refractivity contribution in [2.45, 2.75) is 18.9 Å². The van der Waals surface area contributed by atoms with Crippen molar-refractivity contribution in [1.29, 1.82) is 0 Å². The number of amides is 2. The highest BCUT2D eigenvalue weighted by Crippen LogP contribution is 2.34. The lowest BCUT2D eigenvalue weighted by molar-refractivity contribution is 0.0546. The zero-order valence-electron chi connectivity index (χ0n) is 12.6. The second-order valence-electron chi connectivity index (χ2n) is 5.92. The van der Waals surface area contributed by atoms with E-state index in [0.717, 1.165) is 5.56 Å². The average Bonchev–Trinajstić information content (AvgIpc) is 2.81. The zero-order valence-corrected chi connectivity index (χ0v) is 14.2. The summed E-state index contributed by atoms with van der Waals surface area (Å²) < 4.78 is 20.5. The van der Waals surface area contributed by atoms with Gasteiger partial charge in [-0.2, -0.15) is 0 Å². The summed E-state index contributed by atoms with van der Waals surface area (Å²) in [7, 11) is 0. The molecular weight excluding hydrogens is 377 g/mol. The molecule has 24 heavy (non-hydrogen) atoms. The molecule has 0 N–H and O–H groups in total. The number of benzene rings is 2. The molecule has 0 unspecified atom stereocenters. The molecule has 1 atom stereocenters. The summed E-state index contributed by atoms with van der Waals surface area (Å²) in [4.78, 5) is 26.0. The highest BCUT2D eigenvalue weighted by Gasteiger charge is 2.37. The van der Waals surface area contributed by atoms with Gasteiger partial charge in [0.05, 0.1) is 17.7 Å². The van der Waals surface area contributed by atoms with Crippen LogP contribution >= 0.6 is 15.9 Å². The van der Waals surface area contributed by atoms with Gasteiger partial charge in [0.1, 0.15) is 6.10 Å². The van der Waals surface area contributed by atoms with Crippen LogP contribution in [0.15, 0.2) is 40.9 Å². The molecule has 0 aliphatic carbocycles. The minimum absolute atomic E-state index is 0.126. The minimum atomic E-state index is -0.438. The molecule has 0 radical (unpaired) electrons. The number of imide groups is 1. The number of carbonyl (C=O) groups is 2. The molecule has 0 fully saturated rings. The summed E-state index contributed by atoms with van der Waals surface area (Å²) in [5.74, 6) is -0.861. The minimum Gasteiger partial charge on any atom is -0.485 e. The van der Waals surface area contributed by atoms with Crippen molar-refractivity contribution in [3.63, 3.8) is 0 Å². The van der Waals surface area contributed by atoms with Gasteiger partial charge in [-0.3, -0.25) is 14.5 Å². The second-order valence-corrected chi connectivity index (χ2v) is 6.84. The molecule has 2 aromatic carbocycles. The topological polar surface area (TPSA) is 46.6 Å². The van der Waals surface area contributed by atoms with Crippen molar-refractivity contribution < 1.29 is 18.7 Å². The van der Waals surface area contributed by atoms with E-state index in [1.54, 1.807) is 24.3 Å². The summed E-state index contributed by atoms with van der Waals surface area (Å²) in [5, 5.41) is 0. The number of ether oxygens (including phenoxy) is 1. The maximum absolute atomic E-state index is 14.1.